The van der Waals surface area contributed by atoms with Crippen molar-refractivity contribution in [2.24, 2.45) is 0 Å². The first-order chi connectivity index (χ1) is 7.81. The number of urea groups is 1. The standard InChI is InChI=1S/C8H11F3N2O3S/c9-8(10,11)4-12-7(16)13-1-2-17-3-5(13)6(14)15/h5H,1-4H2,(H,12,16)(H,14,15). The smallest absolute Gasteiger partial charge is 0.405 e. The number of aliphatic carboxylic acids is 1. The number of thioether (sulfide) groups is 1. The third kappa shape index (κ3) is 4.33. The van der Waals surface area contributed by atoms with Crippen molar-refractivity contribution in [2.75, 3.05) is 24.6 Å². The maximum atomic E-state index is 11.9. The summed E-state index contributed by atoms with van der Waals surface area (Å²) in [5.41, 5.74) is 0. The van der Waals surface area contributed by atoms with E-state index in [0.29, 0.717) is 5.75 Å². The van der Waals surface area contributed by atoms with Crippen LogP contribution in [0.15, 0.2) is 0 Å². The van der Waals surface area contributed by atoms with Gasteiger partial charge in [0, 0.05) is 18.1 Å². The molecule has 98 valence electrons. The monoisotopic (exact) mass is 272 g/mol. The summed E-state index contributed by atoms with van der Waals surface area (Å²) < 4.78 is 35.7. The number of hydrogen-bond donors (Lipinski definition) is 2. The van der Waals surface area contributed by atoms with E-state index in [1.807, 2.05) is 0 Å². The third-order valence-electron chi connectivity index (χ3n) is 2.11. The van der Waals surface area contributed by atoms with Gasteiger partial charge in [0.25, 0.3) is 0 Å². The molecule has 0 saturated carbocycles. The van der Waals surface area contributed by atoms with Crippen LogP contribution in [0, 0.1) is 0 Å². The summed E-state index contributed by atoms with van der Waals surface area (Å²) in [7, 11) is 0. The normalized spacial score (nSPS) is 21.1. The predicted octanol–water partition coefficient (Wildman–Crippen LogP) is 0.760. The van der Waals surface area contributed by atoms with Crippen LogP contribution < -0.4 is 5.32 Å². The Morgan fingerprint density at radius 3 is 2.65 bits per heavy atom. The molecule has 0 bridgehead atoms. The summed E-state index contributed by atoms with van der Waals surface area (Å²) in [4.78, 5) is 23.1. The average Bonchev–Trinajstić information content (AvgIpc) is 2.25. The summed E-state index contributed by atoms with van der Waals surface area (Å²) in [6.07, 6.45) is -4.50. The number of halogens is 3. The lowest BCUT2D eigenvalue weighted by molar-refractivity contribution is -0.141. The molecule has 17 heavy (non-hydrogen) atoms. The van der Waals surface area contributed by atoms with Crippen LogP contribution in [0.5, 0.6) is 0 Å². The van der Waals surface area contributed by atoms with Gasteiger partial charge in [-0.2, -0.15) is 24.9 Å². The van der Waals surface area contributed by atoms with Crippen molar-refractivity contribution in [3.8, 4) is 0 Å². The first kappa shape index (κ1) is 13.9. The van der Waals surface area contributed by atoms with Gasteiger partial charge in [-0.1, -0.05) is 0 Å². The highest BCUT2D eigenvalue weighted by atomic mass is 32.2. The zero-order valence-electron chi connectivity index (χ0n) is 8.66. The minimum Gasteiger partial charge on any atom is -0.480 e. The predicted molar refractivity (Wildman–Crippen MR) is 54.9 cm³/mol. The molecule has 1 atom stereocenters. The number of carboxylic acid groups (broad SMARTS) is 1. The Hall–Kier alpha value is -1.12. The number of alkyl halides is 3. The Bertz CT molecular complexity index is 311. The van der Waals surface area contributed by atoms with Crippen molar-refractivity contribution in [3.63, 3.8) is 0 Å². The fourth-order valence-electron chi connectivity index (χ4n) is 1.33. The minimum absolute atomic E-state index is 0.130. The SMILES string of the molecule is O=C(O)C1CSCCN1C(=O)NCC(F)(F)F. The zero-order valence-corrected chi connectivity index (χ0v) is 9.48. The maximum absolute atomic E-state index is 11.9. The lowest BCUT2D eigenvalue weighted by Crippen LogP contribution is -2.54. The van der Waals surface area contributed by atoms with Crippen LogP contribution in [0.25, 0.3) is 0 Å². The third-order valence-corrected chi connectivity index (χ3v) is 3.14. The van der Waals surface area contributed by atoms with Gasteiger partial charge in [0.05, 0.1) is 0 Å². The molecule has 0 aromatic carbocycles. The number of nitrogens with one attached hydrogen (secondary N) is 1. The van der Waals surface area contributed by atoms with E-state index in [2.05, 4.69) is 0 Å². The van der Waals surface area contributed by atoms with E-state index < -0.39 is 30.8 Å². The number of carbonyl (C=O) groups excluding carboxylic acids is 1. The molecule has 2 amide bonds. The number of hydrogen-bond acceptors (Lipinski definition) is 3. The van der Waals surface area contributed by atoms with Gasteiger partial charge >= 0.3 is 18.2 Å². The second kappa shape index (κ2) is 5.48. The van der Waals surface area contributed by atoms with Crippen molar-refractivity contribution in [3.05, 3.63) is 0 Å². The van der Waals surface area contributed by atoms with E-state index in [0.717, 1.165) is 4.90 Å². The quantitative estimate of drug-likeness (QED) is 0.778. The number of nitrogens with zero attached hydrogens (tertiary/aromatic N) is 1. The van der Waals surface area contributed by atoms with Crippen molar-refractivity contribution >= 4 is 23.8 Å². The van der Waals surface area contributed by atoms with Crippen LogP contribution in [0.1, 0.15) is 0 Å². The van der Waals surface area contributed by atoms with Crippen LogP contribution in [0.3, 0.4) is 0 Å². The first-order valence-corrected chi connectivity index (χ1v) is 5.88. The molecule has 1 aliphatic rings. The fourth-order valence-corrected chi connectivity index (χ4v) is 2.37. The highest BCUT2D eigenvalue weighted by Gasteiger charge is 2.34. The van der Waals surface area contributed by atoms with E-state index in [1.165, 1.54) is 11.8 Å². The molecule has 9 heteroatoms. The highest BCUT2D eigenvalue weighted by molar-refractivity contribution is 7.99. The molecule has 0 radical (unpaired) electrons. The average molecular weight is 272 g/mol. The Labute approximate surface area is 99.3 Å². The van der Waals surface area contributed by atoms with E-state index in [1.54, 1.807) is 5.32 Å². The molecule has 1 unspecified atom stereocenters. The van der Waals surface area contributed by atoms with Gasteiger partial charge in [-0.15, -0.1) is 0 Å². The summed E-state index contributed by atoms with van der Waals surface area (Å²) in [6, 6.07) is -2.06. The van der Waals surface area contributed by atoms with Crippen molar-refractivity contribution in [2.45, 2.75) is 12.2 Å². The minimum atomic E-state index is -4.50. The molecule has 1 fully saturated rings. The van der Waals surface area contributed by atoms with Crippen molar-refractivity contribution < 1.29 is 27.9 Å². The van der Waals surface area contributed by atoms with E-state index in [-0.39, 0.29) is 12.3 Å². The van der Waals surface area contributed by atoms with Crippen LogP contribution in [0.4, 0.5) is 18.0 Å². The Kier molecular flexibility index (Phi) is 4.49. The second-order valence-corrected chi connectivity index (χ2v) is 4.55. The number of amides is 2. The van der Waals surface area contributed by atoms with Gasteiger partial charge in [-0.05, 0) is 0 Å². The maximum Gasteiger partial charge on any atom is 0.405 e. The molecule has 1 saturated heterocycles. The molecular formula is C8H11F3N2O3S. The topological polar surface area (TPSA) is 69.6 Å². The van der Waals surface area contributed by atoms with Crippen LogP contribution >= 0.6 is 11.8 Å². The van der Waals surface area contributed by atoms with Crippen molar-refractivity contribution in [1.82, 2.24) is 10.2 Å². The van der Waals surface area contributed by atoms with E-state index in [4.69, 9.17) is 5.11 Å². The molecule has 0 spiro atoms. The van der Waals surface area contributed by atoms with Gasteiger partial charge in [0.1, 0.15) is 12.6 Å². The summed E-state index contributed by atoms with van der Waals surface area (Å²) in [5.74, 6) is -0.503. The van der Waals surface area contributed by atoms with Gasteiger partial charge in [0.15, 0.2) is 0 Å². The fraction of sp³-hybridized carbons (Fsp3) is 0.750. The number of carboxylic acids is 1. The van der Waals surface area contributed by atoms with Gasteiger partial charge < -0.3 is 15.3 Å². The van der Waals surface area contributed by atoms with Crippen LogP contribution in [-0.2, 0) is 4.79 Å². The molecule has 1 rings (SSSR count). The largest absolute Gasteiger partial charge is 0.480 e. The zero-order chi connectivity index (χ0) is 13.1. The Balaban J connectivity index is 2.56. The summed E-state index contributed by atoms with van der Waals surface area (Å²) >= 11 is 1.35. The second-order valence-electron chi connectivity index (χ2n) is 3.40. The molecule has 0 aromatic heterocycles. The van der Waals surface area contributed by atoms with Gasteiger partial charge in [-0.25, -0.2) is 9.59 Å². The summed E-state index contributed by atoms with van der Waals surface area (Å²) in [5, 5.41) is 10.5. The van der Waals surface area contributed by atoms with E-state index >= 15 is 0 Å². The Morgan fingerprint density at radius 2 is 2.12 bits per heavy atom. The first-order valence-electron chi connectivity index (χ1n) is 4.73. The Morgan fingerprint density at radius 1 is 1.47 bits per heavy atom. The van der Waals surface area contributed by atoms with Crippen molar-refractivity contribution in [1.29, 1.82) is 0 Å². The molecule has 0 aromatic rings. The lowest BCUT2D eigenvalue weighted by Gasteiger charge is -2.32. The van der Waals surface area contributed by atoms with Gasteiger partial charge in [-0.3, -0.25) is 0 Å². The molecular weight excluding hydrogens is 261 g/mol. The molecule has 1 aliphatic heterocycles. The van der Waals surface area contributed by atoms with Crippen LogP contribution in [0.2, 0.25) is 0 Å². The molecule has 1 heterocycles. The highest BCUT2D eigenvalue weighted by Crippen LogP contribution is 2.17. The number of rotatable bonds is 2. The molecule has 2 N–H and O–H groups in total. The van der Waals surface area contributed by atoms with Crippen LogP contribution in [-0.4, -0.2) is 58.8 Å². The molecule has 0 aliphatic carbocycles. The lowest BCUT2D eigenvalue weighted by atomic mass is 10.3. The summed E-state index contributed by atoms with van der Waals surface area (Å²) in [6.45, 7) is -1.33. The van der Waals surface area contributed by atoms with Gasteiger partial charge in [0.2, 0.25) is 0 Å². The van der Waals surface area contributed by atoms with E-state index in [9.17, 15) is 22.8 Å². The number of carbonyl (C=O) groups is 2. The molecule has 5 nitrogen and oxygen atoms in total.